The number of amides is 2. The first-order valence-corrected chi connectivity index (χ1v) is 6.76. The van der Waals surface area contributed by atoms with Crippen molar-refractivity contribution < 1.29 is 19.9 Å². The number of non-ortho nitro benzene ring substituents is 1. The van der Waals surface area contributed by atoms with Crippen molar-refractivity contribution in [3.63, 3.8) is 0 Å². The first-order valence-electron chi connectivity index (χ1n) is 6.76. The minimum Gasteiger partial charge on any atom is -0.504 e. The van der Waals surface area contributed by atoms with Gasteiger partial charge in [-0.3, -0.25) is 10.1 Å². The molecule has 0 unspecified atom stereocenters. The fourth-order valence-corrected chi connectivity index (χ4v) is 1.89. The van der Waals surface area contributed by atoms with Crippen molar-refractivity contribution in [2.24, 2.45) is 0 Å². The Bertz CT molecular complexity index is 716. The van der Waals surface area contributed by atoms with Gasteiger partial charge < -0.3 is 20.8 Å². The fraction of sp³-hybridized carbons (Fsp3) is 0.133. The number of anilines is 1. The largest absolute Gasteiger partial charge is 0.504 e. The van der Waals surface area contributed by atoms with Crippen LogP contribution in [0.1, 0.15) is 5.56 Å². The number of hydrogen-bond acceptors (Lipinski definition) is 5. The lowest BCUT2D eigenvalue weighted by Crippen LogP contribution is -2.30. The van der Waals surface area contributed by atoms with Gasteiger partial charge in [-0.25, -0.2) is 4.79 Å². The molecule has 2 rings (SSSR count). The number of phenolic OH excluding ortho intramolecular Hbond substituents is 2. The molecule has 0 bridgehead atoms. The maximum absolute atomic E-state index is 11.7. The molecule has 23 heavy (non-hydrogen) atoms. The summed E-state index contributed by atoms with van der Waals surface area (Å²) in [4.78, 5) is 21.7. The molecule has 0 aromatic heterocycles. The molecule has 0 atom stereocenters. The van der Waals surface area contributed by atoms with E-state index in [-0.39, 0.29) is 17.2 Å². The normalized spacial score (nSPS) is 10.1. The van der Waals surface area contributed by atoms with Crippen LogP contribution in [-0.4, -0.2) is 27.7 Å². The van der Waals surface area contributed by atoms with E-state index in [1.165, 1.54) is 36.4 Å². The molecule has 8 nitrogen and oxygen atoms in total. The summed E-state index contributed by atoms with van der Waals surface area (Å²) < 4.78 is 0. The van der Waals surface area contributed by atoms with E-state index in [2.05, 4.69) is 10.6 Å². The number of nitrogens with zero attached hydrogens (tertiary/aromatic N) is 1. The van der Waals surface area contributed by atoms with Gasteiger partial charge in [0.1, 0.15) is 0 Å². The van der Waals surface area contributed by atoms with Crippen LogP contribution in [-0.2, 0) is 6.42 Å². The topological polar surface area (TPSA) is 125 Å². The number of carbonyl (C=O) groups excluding carboxylic acids is 1. The van der Waals surface area contributed by atoms with Crippen LogP contribution in [0.3, 0.4) is 0 Å². The van der Waals surface area contributed by atoms with Crippen molar-refractivity contribution in [2.75, 3.05) is 11.9 Å². The summed E-state index contributed by atoms with van der Waals surface area (Å²) >= 11 is 0. The molecule has 2 amide bonds. The van der Waals surface area contributed by atoms with Crippen molar-refractivity contribution in [1.29, 1.82) is 0 Å². The predicted octanol–water partition coefficient (Wildman–Crippen LogP) is 2.37. The van der Waals surface area contributed by atoms with Crippen LogP contribution in [0.25, 0.3) is 0 Å². The number of benzene rings is 2. The zero-order valence-corrected chi connectivity index (χ0v) is 12.0. The van der Waals surface area contributed by atoms with Gasteiger partial charge in [0, 0.05) is 24.4 Å². The lowest BCUT2D eigenvalue weighted by atomic mass is 10.1. The molecule has 0 spiro atoms. The van der Waals surface area contributed by atoms with Crippen LogP contribution in [0, 0.1) is 10.1 Å². The summed E-state index contributed by atoms with van der Waals surface area (Å²) in [5.41, 5.74) is 1.15. The molecule has 0 saturated carbocycles. The Hall–Kier alpha value is -3.29. The van der Waals surface area contributed by atoms with E-state index in [9.17, 15) is 25.1 Å². The number of phenols is 2. The first-order chi connectivity index (χ1) is 11.0. The van der Waals surface area contributed by atoms with Crippen LogP contribution >= 0.6 is 0 Å². The molecule has 0 aliphatic carbocycles. The lowest BCUT2D eigenvalue weighted by molar-refractivity contribution is -0.384. The number of hydrogen-bond donors (Lipinski definition) is 4. The van der Waals surface area contributed by atoms with Crippen molar-refractivity contribution in [3.05, 3.63) is 58.1 Å². The van der Waals surface area contributed by atoms with Gasteiger partial charge in [-0.05, 0) is 36.2 Å². The summed E-state index contributed by atoms with van der Waals surface area (Å²) in [6.45, 7) is 0.322. The summed E-state index contributed by atoms with van der Waals surface area (Å²) in [7, 11) is 0. The molecule has 2 aromatic carbocycles. The molecule has 2 aromatic rings. The van der Waals surface area contributed by atoms with Crippen LogP contribution in [0.5, 0.6) is 11.5 Å². The molecule has 0 radical (unpaired) electrons. The maximum Gasteiger partial charge on any atom is 0.319 e. The average Bonchev–Trinajstić information content (AvgIpc) is 2.51. The minimum atomic E-state index is -0.517. The number of carbonyl (C=O) groups is 1. The number of rotatable bonds is 5. The summed E-state index contributed by atoms with van der Waals surface area (Å²) in [6, 6.07) is 9.48. The number of aromatic hydroxyl groups is 2. The molecule has 4 N–H and O–H groups in total. The smallest absolute Gasteiger partial charge is 0.319 e. The fourth-order valence-electron chi connectivity index (χ4n) is 1.89. The molecule has 0 aliphatic heterocycles. The second-order valence-electron chi connectivity index (χ2n) is 4.76. The van der Waals surface area contributed by atoms with Crippen LogP contribution in [0.4, 0.5) is 16.2 Å². The Labute approximate surface area is 131 Å². The second-order valence-corrected chi connectivity index (χ2v) is 4.76. The van der Waals surface area contributed by atoms with Crippen molar-refractivity contribution >= 4 is 17.4 Å². The molecule has 120 valence electrons. The van der Waals surface area contributed by atoms with Crippen LogP contribution in [0.2, 0.25) is 0 Å². The van der Waals surface area contributed by atoms with Crippen molar-refractivity contribution in [2.45, 2.75) is 6.42 Å². The Balaban J connectivity index is 1.80. The van der Waals surface area contributed by atoms with E-state index in [4.69, 9.17) is 0 Å². The Kier molecular flexibility index (Phi) is 4.98. The molecular formula is C15H15N3O5. The van der Waals surface area contributed by atoms with Crippen molar-refractivity contribution in [1.82, 2.24) is 5.32 Å². The zero-order valence-electron chi connectivity index (χ0n) is 12.0. The van der Waals surface area contributed by atoms with Gasteiger partial charge in [0.25, 0.3) is 5.69 Å². The highest BCUT2D eigenvalue weighted by atomic mass is 16.6. The monoisotopic (exact) mass is 317 g/mol. The van der Waals surface area contributed by atoms with Gasteiger partial charge in [-0.1, -0.05) is 6.07 Å². The van der Waals surface area contributed by atoms with Gasteiger partial charge in [-0.15, -0.1) is 0 Å². The Morgan fingerprint density at radius 1 is 1.09 bits per heavy atom. The summed E-state index contributed by atoms with van der Waals surface area (Å²) in [6.07, 6.45) is 0.474. The average molecular weight is 317 g/mol. The van der Waals surface area contributed by atoms with E-state index in [1.807, 2.05) is 0 Å². The van der Waals surface area contributed by atoms with Crippen LogP contribution < -0.4 is 10.6 Å². The summed E-state index contributed by atoms with van der Waals surface area (Å²) in [5, 5.41) is 34.3. The zero-order chi connectivity index (χ0) is 16.8. The van der Waals surface area contributed by atoms with Gasteiger partial charge in [-0.2, -0.15) is 0 Å². The van der Waals surface area contributed by atoms with Crippen LogP contribution in [0.15, 0.2) is 42.5 Å². The Morgan fingerprint density at radius 3 is 2.39 bits per heavy atom. The highest BCUT2D eigenvalue weighted by Gasteiger charge is 2.06. The summed E-state index contributed by atoms with van der Waals surface area (Å²) in [5.74, 6) is -0.407. The third-order valence-corrected chi connectivity index (χ3v) is 3.08. The molecule has 8 heteroatoms. The molecule has 0 fully saturated rings. The van der Waals surface area contributed by atoms with Gasteiger partial charge >= 0.3 is 6.03 Å². The number of nitrogens with one attached hydrogen (secondary N) is 2. The Morgan fingerprint density at radius 2 is 1.78 bits per heavy atom. The third kappa shape index (κ3) is 4.60. The lowest BCUT2D eigenvalue weighted by Gasteiger charge is -2.08. The highest BCUT2D eigenvalue weighted by molar-refractivity contribution is 5.89. The number of urea groups is 1. The number of nitro benzene ring substituents is 1. The SMILES string of the molecule is O=C(NCCc1ccc(O)c(O)c1)Nc1ccc([N+](=O)[O-])cc1. The first kappa shape index (κ1) is 16.1. The van der Waals surface area contributed by atoms with E-state index < -0.39 is 11.0 Å². The quantitative estimate of drug-likeness (QED) is 0.383. The van der Waals surface area contributed by atoms with Gasteiger partial charge in [0.15, 0.2) is 11.5 Å². The van der Waals surface area contributed by atoms with E-state index in [0.29, 0.717) is 18.7 Å². The minimum absolute atomic E-state index is 0.0527. The van der Waals surface area contributed by atoms with E-state index in [0.717, 1.165) is 5.56 Å². The molecule has 0 heterocycles. The molecule has 0 saturated heterocycles. The van der Waals surface area contributed by atoms with Gasteiger partial charge in [0.2, 0.25) is 0 Å². The number of nitro groups is 1. The van der Waals surface area contributed by atoms with Gasteiger partial charge in [0.05, 0.1) is 4.92 Å². The second kappa shape index (κ2) is 7.12. The highest BCUT2D eigenvalue weighted by Crippen LogP contribution is 2.24. The standard InChI is InChI=1S/C15H15N3O5/c19-13-6-1-10(9-14(13)20)7-8-16-15(21)17-11-2-4-12(5-3-11)18(22)23/h1-6,9,19-20H,7-8H2,(H2,16,17,21). The van der Waals surface area contributed by atoms with E-state index in [1.54, 1.807) is 6.07 Å². The third-order valence-electron chi connectivity index (χ3n) is 3.08. The predicted molar refractivity (Wildman–Crippen MR) is 83.6 cm³/mol. The van der Waals surface area contributed by atoms with E-state index >= 15 is 0 Å². The van der Waals surface area contributed by atoms with Crippen molar-refractivity contribution in [3.8, 4) is 11.5 Å². The maximum atomic E-state index is 11.7. The molecule has 0 aliphatic rings. The molecular weight excluding hydrogens is 302 g/mol.